The molecule has 0 aliphatic rings. The van der Waals surface area contributed by atoms with Crippen molar-refractivity contribution in [1.82, 2.24) is 0 Å². The van der Waals surface area contributed by atoms with Crippen LogP contribution in [0.4, 0.5) is 0 Å². The average Bonchev–Trinajstić information content (AvgIpc) is 3.69. The first kappa shape index (κ1) is 46.3. The van der Waals surface area contributed by atoms with E-state index in [2.05, 4.69) is 303 Å². The first-order valence-corrected chi connectivity index (χ1v) is 28.5. The van der Waals surface area contributed by atoms with Crippen LogP contribution in [0.1, 0.15) is 0 Å². The van der Waals surface area contributed by atoms with Gasteiger partial charge in [0.1, 0.15) is 0 Å². The SMILES string of the molecule is c1cc(-c2cccc(-c3ccc4ccc5c(-c6ccc(-c7cccc8ccccc78)cc6)ccc6ccc3c4c65)c2)cc(-c2cccc(-c3ccc4ccc5c(-c6ccc(-c7cccc8ccccc78)cc6)ccc6ccc3c4c65)c2)c1. The molecule has 0 N–H and O–H groups in total. The largest absolute Gasteiger partial charge is 0.0616 e. The molecule has 0 radical (unpaired) electrons. The monoisotopic (exact) mass is 1030 g/mol. The Hall–Kier alpha value is -10.7. The predicted molar refractivity (Wildman–Crippen MR) is 352 cm³/mol. The highest BCUT2D eigenvalue weighted by Crippen LogP contribution is 2.46. The molecule has 0 saturated carbocycles. The number of benzene rings is 17. The normalized spacial score (nSPS) is 11.9. The molecule has 0 amide bonds. The van der Waals surface area contributed by atoms with Gasteiger partial charge in [-0.3, -0.25) is 0 Å². The van der Waals surface area contributed by atoms with Gasteiger partial charge in [-0.25, -0.2) is 0 Å². The van der Waals surface area contributed by atoms with Crippen molar-refractivity contribution in [2.75, 3.05) is 0 Å². The van der Waals surface area contributed by atoms with E-state index in [0.29, 0.717) is 0 Å². The summed E-state index contributed by atoms with van der Waals surface area (Å²) in [5.74, 6) is 0. The van der Waals surface area contributed by atoms with Gasteiger partial charge in [-0.1, -0.05) is 285 Å². The Morgan fingerprint density at radius 3 is 0.707 bits per heavy atom. The molecular weight excluding hydrogens is 985 g/mol. The minimum Gasteiger partial charge on any atom is -0.0616 e. The maximum atomic E-state index is 2.38. The van der Waals surface area contributed by atoms with Crippen molar-refractivity contribution in [2.24, 2.45) is 0 Å². The van der Waals surface area contributed by atoms with Crippen molar-refractivity contribution in [2.45, 2.75) is 0 Å². The number of fused-ring (bicyclic) bond motifs is 2. The van der Waals surface area contributed by atoms with Crippen LogP contribution >= 0.6 is 0 Å². The van der Waals surface area contributed by atoms with Crippen LogP contribution in [0, 0.1) is 0 Å². The molecule has 0 aromatic heterocycles. The van der Waals surface area contributed by atoms with Crippen molar-refractivity contribution in [3.63, 3.8) is 0 Å². The van der Waals surface area contributed by atoms with E-state index in [1.807, 2.05) is 0 Å². The Morgan fingerprint density at radius 2 is 0.366 bits per heavy atom. The third-order valence-corrected chi connectivity index (χ3v) is 17.8. The molecule has 378 valence electrons. The van der Waals surface area contributed by atoms with Gasteiger partial charge in [0.2, 0.25) is 0 Å². The Labute approximate surface area is 475 Å². The molecule has 17 rings (SSSR count). The molecule has 0 spiro atoms. The highest BCUT2D eigenvalue weighted by atomic mass is 14.2. The van der Waals surface area contributed by atoms with Crippen molar-refractivity contribution in [3.8, 4) is 89.0 Å². The van der Waals surface area contributed by atoms with Gasteiger partial charge >= 0.3 is 0 Å². The quantitative estimate of drug-likeness (QED) is 0.133. The summed E-state index contributed by atoms with van der Waals surface area (Å²) in [5.41, 5.74) is 19.6. The zero-order valence-corrected chi connectivity index (χ0v) is 44.9. The van der Waals surface area contributed by atoms with E-state index in [1.54, 1.807) is 0 Å². The number of rotatable bonds is 8. The van der Waals surface area contributed by atoms with Gasteiger partial charge in [0, 0.05) is 0 Å². The molecule has 0 bridgehead atoms. The van der Waals surface area contributed by atoms with E-state index >= 15 is 0 Å². The molecule has 17 aromatic rings. The highest BCUT2D eigenvalue weighted by molar-refractivity contribution is 6.29. The summed E-state index contributed by atoms with van der Waals surface area (Å²) in [6.45, 7) is 0. The lowest BCUT2D eigenvalue weighted by Gasteiger charge is -2.17. The summed E-state index contributed by atoms with van der Waals surface area (Å²) in [5, 5.41) is 20.5. The lowest BCUT2D eigenvalue weighted by molar-refractivity contribution is 1.58. The second-order valence-corrected chi connectivity index (χ2v) is 22.2. The Kier molecular flexibility index (Phi) is 10.4. The Morgan fingerprint density at radius 1 is 0.122 bits per heavy atom. The lowest BCUT2D eigenvalue weighted by atomic mass is 9.86. The van der Waals surface area contributed by atoms with E-state index in [-0.39, 0.29) is 0 Å². The molecule has 0 heteroatoms. The second kappa shape index (κ2) is 18.5. The van der Waals surface area contributed by atoms with E-state index in [4.69, 9.17) is 0 Å². The minimum atomic E-state index is 1.19. The molecule has 0 nitrogen and oxygen atoms in total. The molecule has 0 saturated heterocycles. The lowest BCUT2D eigenvalue weighted by Crippen LogP contribution is -1.90. The van der Waals surface area contributed by atoms with Crippen LogP contribution in [0.5, 0.6) is 0 Å². The first-order valence-electron chi connectivity index (χ1n) is 28.5. The van der Waals surface area contributed by atoms with E-state index < -0.39 is 0 Å². The Bertz CT molecular complexity index is 5020. The third-order valence-electron chi connectivity index (χ3n) is 17.8. The highest BCUT2D eigenvalue weighted by Gasteiger charge is 2.19. The first-order chi connectivity index (χ1) is 40.6. The van der Waals surface area contributed by atoms with Gasteiger partial charge < -0.3 is 0 Å². The Balaban J connectivity index is 0.693. The van der Waals surface area contributed by atoms with Crippen LogP contribution in [0.3, 0.4) is 0 Å². The zero-order chi connectivity index (χ0) is 53.8. The van der Waals surface area contributed by atoms with Crippen LogP contribution in [-0.2, 0) is 0 Å². The van der Waals surface area contributed by atoms with Gasteiger partial charge in [-0.15, -0.1) is 0 Å². The van der Waals surface area contributed by atoms with Gasteiger partial charge in [0.25, 0.3) is 0 Å². The molecule has 82 heavy (non-hydrogen) atoms. The van der Waals surface area contributed by atoms with E-state index in [1.165, 1.54) is 175 Å². The van der Waals surface area contributed by atoms with Crippen molar-refractivity contribution in [1.29, 1.82) is 0 Å². The van der Waals surface area contributed by atoms with Gasteiger partial charge in [0.15, 0.2) is 0 Å². The summed E-state index contributed by atoms with van der Waals surface area (Å²) in [6.07, 6.45) is 0. The maximum Gasteiger partial charge on any atom is -0.00203 e. The maximum absolute atomic E-state index is 2.38. The summed E-state index contributed by atoms with van der Waals surface area (Å²) in [7, 11) is 0. The van der Waals surface area contributed by atoms with Crippen LogP contribution in [-0.4, -0.2) is 0 Å². The van der Waals surface area contributed by atoms with Crippen LogP contribution in [0.25, 0.3) is 175 Å². The molecule has 0 heterocycles. The van der Waals surface area contributed by atoms with Crippen LogP contribution < -0.4 is 0 Å². The van der Waals surface area contributed by atoms with E-state index in [9.17, 15) is 0 Å². The van der Waals surface area contributed by atoms with Crippen LogP contribution in [0.2, 0.25) is 0 Å². The molecule has 17 aromatic carbocycles. The fourth-order valence-electron chi connectivity index (χ4n) is 13.8. The summed E-state index contributed by atoms with van der Waals surface area (Å²) in [6, 6.07) is 113. The molecule has 0 fully saturated rings. The molecule has 0 aliphatic heterocycles. The number of hydrogen-bond donors (Lipinski definition) is 0. The summed E-state index contributed by atoms with van der Waals surface area (Å²) < 4.78 is 0. The second-order valence-electron chi connectivity index (χ2n) is 22.2. The number of hydrogen-bond acceptors (Lipinski definition) is 0. The fourth-order valence-corrected chi connectivity index (χ4v) is 13.8. The van der Waals surface area contributed by atoms with Crippen molar-refractivity contribution in [3.05, 3.63) is 303 Å². The standard InChI is InChI=1S/C82H50/c1-3-20-67-51(10-1)12-8-22-69(67)53-24-28-55(29-25-53)71-40-32-57-38-46-77-73(42-34-59-36-44-75(71)79(57)81(59)77)65-18-6-16-63(49-65)61-14-5-15-62(48-61)64-17-7-19-66(50-64)74-43-35-60-37-45-76-72(41-33-58-39-47-78(74)82(60)80(58)76)56-30-26-54(27-31-56)70-23-9-13-52-11-2-4-21-68(52)70/h1-50H. The van der Waals surface area contributed by atoms with Crippen molar-refractivity contribution < 1.29 is 0 Å². The zero-order valence-electron chi connectivity index (χ0n) is 44.9. The minimum absolute atomic E-state index is 1.19. The van der Waals surface area contributed by atoms with Crippen LogP contribution in [0.15, 0.2) is 303 Å². The summed E-state index contributed by atoms with van der Waals surface area (Å²) >= 11 is 0. The molecular formula is C82H50. The molecule has 0 unspecified atom stereocenters. The summed E-state index contributed by atoms with van der Waals surface area (Å²) in [4.78, 5) is 0. The van der Waals surface area contributed by atoms with Gasteiger partial charge in [0.05, 0.1) is 0 Å². The van der Waals surface area contributed by atoms with Gasteiger partial charge in [-0.05, 0) is 193 Å². The molecule has 0 atom stereocenters. The molecule has 0 aliphatic carbocycles. The van der Waals surface area contributed by atoms with Gasteiger partial charge in [-0.2, -0.15) is 0 Å². The predicted octanol–water partition coefficient (Wildman–Crippen LogP) is 23.1. The average molecular weight is 1040 g/mol. The van der Waals surface area contributed by atoms with E-state index in [0.717, 1.165) is 0 Å². The topological polar surface area (TPSA) is 0 Å². The fraction of sp³-hybridized carbons (Fsp3) is 0. The smallest absolute Gasteiger partial charge is 0.00203 e. The van der Waals surface area contributed by atoms with Crippen molar-refractivity contribution >= 4 is 86.2 Å². The third kappa shape index (κ3) is 7.39.